The summed E-state index contributed by atoms with van der Waals surface area (Å²) in [5.41, 5.74) is 1.81. The second-order valence-corrected chi connectivity index (χ2v) is 7.94. The Labute approximate surface area is 174 Å². The third-order valence-electron chi connectivity index (χ3n) is 5.48. The molecule has 1 unspecified atom stereocenters. The average molecular weight is 398 g/mol. The lowest BCUT2D eigenvalue weighted by molar-refractivity contribution is 0.147. The number of hydrogen-bond acceptors (Lipinski definition) is 6. The molecule has 6 nitrogen and oxygen atoms in total. The van der Waals surface area contributed by atoms with Crippen molar-refractivity contribution >= 4 is 11.8 Å². The maximum atomic E-state index is 10.1. The minimum absolute atomic E-state index is 0.130. The predicted molar refractivity (Wildman–Crippen MR) is 119 cm³/mol. The number of hydrogen-bond donors (Lipinski definition) is 3. The summed E-state index contributed by atoms with van der Waals surface area (Å²) in [7, 11) is 0. The van der Waals surface area contributed by atoms with E-state index in [0.717, 1.165) is 75.1 Å². The molecule has 0 saturated heterocycles. The molecule has 3 heterocycles. The monoisotopic (exact) mass is 397 g/mol. The van der Waals surface area contributed by atoms with Crippen LogP contribution in [-0.4, -0.2) is 39.3 Å². The summed E-state index contributed by atoms with van der Waals surface area (Å²) in [5.74, 6) is 1.51. The van der Waals surface area contributed by atoms with Gasteiger partial charge in [0.25, 0.3) is 0 Å². The SMILES string of the molecule is OC1CCCCCCCCNc2ncc(-c3ccccn3)c(n2)NCCCCC1. The molecule has 1 atom stereocenters. The molecule has 1 aliphatic rings. The first-order chi connectivity index (χ1) is 14.3. The fraction of sp³-hybridized carbons (Fsp3) is 0.609. The minimum atomic E-state index is -0.130. The maximum absolute atomic E-state index is 10.1. The Bertz CT molecular complexity index is 710. The maximum Gasteiger partial charge on any atom is 0.224 e. The standard InChI is InChI=1S/C23H35N5O/c29-19-12-6-3-1-2-4-9-17-26-23-27-18-20(21-14-8-11-15-24-21)22(28-23)25-16-10-5-7-13-19/h8,11,14-15,18-19,29H,1-7,9-10,12-13,16-17H2,(H2,25,26,27,28). The van der Waals surface area contributed by atoms with E-state index < -0.39 is 0 Å². The topological polar surface area (TPSA) is 83.0 Å². The molecule has 0 radical (unpaired) electrons. The Hall–Kier alpha value is -2.21. The molecule has 158 valence electrons. The van der Waals surface area contributed by atoms with E-state index in [1.807, 2.05) is 24.4 Å². The lowest BCUT2D eigenvalue weighted by atomic mass is 10.0. The first kappa shape index (κ1) is 21.5. The van der Waals surface area contributed by atoms with Crippen LogP contribution in [0.25, 0.3) is 11.3 Å². The summed E-state index contributed by atoms with van der Waals surface area (Å²) < 4.78 is 0. The molecule has 3 N–H and O–H groups in total. The Morgan fingerprint density at radius 2 is 1.48 bits per heavy atom. The number of aliphatic hydroxyl groups excluding tert-OH is 1. The first-order valence-corrected chi connectivity index (χ1v) is 11.3. The Morgan fingerprint density at radius 1 is 0.793 bits per heavy atom. The van der Waals surface area contributed by atoms with Crippen molar-refractivity contribution in [2.24, 2.45) is 0 Å². The number of nitrogens with zero attached hydrogens (tertiary/aromatic N) is 3. The van der Waals surface area contributed by atoms with Crippen molar-refractivity contribution in [1.82, 2.24) is 15.0 Å². The minimum Gasteiger partial charge on any atom is -0.393 e. The average Bonchev–Trinajstić information content (AvgIpc) is 2.75. The van der Waals surface area contributed by atoms with Crippen LogP contribution in [0.2, 0.25) is 0 Å². The molecule has 0 spiro atoms. The third-order valence-corrected chi connectivity index (χ3v) is 5.48. The van der Waals surface area contributed by atoms with Crippen molar-refractivity contribution in [3.8, 4) is 11.3 Å². The smallest absolute Gasteiger partial charge is 0.224 e. The number of rotatable bonds is 1. The molecule has 0 aromatic carbocycles. The van der Waals surface area contributed by atoms with Gasteiger partial charge in [0.15, 0.2) is 0 Å². The van der Waals surface area contributed by atoms with Crippen LogP contribution in [-0.2, 0) is 0 Å². The fourth-order valence-corrected chi connectivity index (χ4v) is 3.76. The number of anilines is 2. The Morgan fingerprint density at radius 3 is 2.24 bits per heavy atom. The van der Waals surface area contributed by atoms with Crippen LogP contribution in [0.3, 0.4) is 0 Å². The Kier molecular flexibility index (Phi) is 9.17. The van der Waals surface area contributed by atoms with E-state index >= 15 is 0 Å². The molecule has 2 bridgehead atoms. The first-order valence-electron chi connectivity index (χ1n) is 11.3. The predicted octanol–water partition coefficient (Wildman–Crippen LogP) is 5.03. The van der Waals surface area contributed by atoms with Crippen LogP contribution in [0.1, 0.15) is 70.6 Å². The van der Waals surface area contributed by atoms with Crippen LogP contribution >= 0.6 is 0 Å². The highest BCUT2D eigenvalue weighted by molar-refractivity contribution is 5.72. The highest BCUT2D eigenvalue weighted by atomic mass is 16.3. The number of nitrogens with one attached hydrogen (secondary N) is 2. The molecule has 0 fully saturated rings. The van der Waals surface area contributed by atoms with Crippen molar-refractivity contribution in [3.63, 3.8) is 0 Å². The number of aliphatic hydroxyl groups is 1. The molecule has 2 aromatic heterocycles. The van der Waals surface area contributed by atoms with Gasteiger partial charge in [0, 0.05) is 25.5 Å². The van der Waals surface area contributed by atoms with E-state index in [1.54, 1.807) is 6.20 Å². The Balaban J connectivity index is 1.65. The van der Waals surface area contributed by atoms with Gasteiger partial charge in [-0.1, -0.05) is 51.0 Å². The van der Waals surface area contributed by atoms with Gasteiger partial charge < -0.3 is 15.7 Å². The van der Waals surface area contributed by atoms with E-state index in [1.165, 1.54) is 25.7 Å². The summed E-state index contributed by atoms with van der Waals surface area (Å²) >= 11 is 0. The van der Waals surface area contributed by atoms with Gasteiger partial charge in [-0.25, -0.2) is 4.98 Å². The molecule has 1 aliphatic heterocycles. The van der Waals surface area contributed by atoms with Gasteiger partial charge in [-0.15, -0.1) is 0 Å². The molecular formula is C23H35N5O. The van der Waals surface area contributed by atoms with Crippen molar-refractivity contribution in [2.45, 2.75) is 76.7 Å². The highest BCUT2D eigenvalue weighted by Crippen LogP contribution is 2.25. The van der Waals surface area contributed by atoms with Crippen LogP contribution in [0.5, 0.6) is 0 Å². The fourth-order valence-electron chi connectivity index (χ4n) is 3.76. The van der Waals surface area contributed by atoms with E-state index in [9.17, 15) is 5.11 Å². The van der Waals surface area contributed by atoms with Gasteiger partial charge in [-0.05, 0) is 37.8 Å². The van der Waals surface area contributed by atoms with Gasteiger partial charge in [0.05, 0.1) is 17.4 Å². The largest absolute Gasteiger partial charge is 0.393 e. The molecule has 29 heavy (non-hydrogen) atoms. The zero-order valence-electron chi connectivity index (χ0n) is 17.4. The van der Waals surface area contributed by atoms with Crippen LogP contribution in [0.15, 0.2) is 30.6 Å². The second kappa shape index (κ2) is 12.4. The van der Waals surface area contributed by atoms with Crippen molar-refractivity contribution in [3.05, 3.63) is 30.6 Å². The quantitative estimate of drug-likeness (QED) is 0.626. The van der Waals surface area contributed by atoms with Gasteiger partial charge in [0.1, 0.15) is 5.82 Å². The number of aromatic nitrogens is 3. The van der Waals surface area contributed by atoms with Gasteiger partial charge >= 0.3 is 0 Å². The molecule has 3 rings (SSSR count). The molecule has 6 heteroatoms. The van der Waals surface area contributed by atoms with E-state index in [0.29, 0.717) is 5.95 Å². The van der Waals surface area contributed by atoms with Gasteiger partial charge in [0.2, 0.25) is 5.95 Å². The zero-order chi connectivity index (χ0) is 20.2. The summed E-state index contributed by atoms with van der Waals surface area (Å²) in [5, 5.41) is 17.0. The lowest BCUT2D eigenvalue weighted by Crippen LogP contribution is -2.10. The summed E-state index contributed by atoms with van der Waals surface area (Å²) in [6.45, 7) is 1.74. The molecule has 0 saturated carbocycles. The van der Waals surface area contributed by atoms with E-state index in [-0.39, 0.29) is 6.10 Å². The number of fused-ring (bicyclic) bond motifs is 2. The zero-order valence-corrected chi connectivity index (χ0v) is 17.4. The summed E-state index contributed by atoms with van der Waals surface area (Å²) in [4.78, 5) is 13.7. The van der Waals surface area contributed by atoms with Crippen LogP contribution in [0.4, 0.5) is 11.8 Å². The van der Waals surface area contributed by atoms with Crippen molar-refractivity contribution in [2.75, 3.05) is 23.7 Å². The summed E-state index contributed by atoms with van der Waals surface area (Å²) in [6, 6.07) is 5.88. The van der Waals surface area contributed by atoms with Gasteiger partial charge in [-0.2, -0.15) is 4.98 Å². The molecule has 0 aliphatic carbocycles. The lowest BCUT2D eigenvalue weighted by Gasteiger charge is -2.13. The van der Waals surface area contributed by atoms with E-state index in [4.69, 9.17) is 4.98 Å². The van der Waals surface area contributed by atoms with Gasteiger partial charge in [-0.3, -0.25) is 4.98 Å². The number of pyridine rings is 1. The second-order valence-electron chi connectivity index (χ2n) is 7.94. The molecule has 2 aromatic rings. The van der Waals surface area contributed by atoms with E-state index in [2.05, 4.69) is 20.6 Å². The normalized spacial score (nSPS) is 20.4. The molecule has 0 amide bonds. The van der Waals surface area contributed by atoms with Crippen LogP contribution in [0, 0.1) is 0 Å². The van der Waals surface area contributed by atoms with Crippen molar-refractivity contribution in [1.29, 1.82) is 0 Å². The molecular weight excluding hydrogens is 362 g/mol. The van der Waals surface area contributed by atoms with Crippen LogP contribution < -0.4 is 10.6 Å². The van der Waals surface area contributed by atoms with Crippen molar-refractivity contribution < 1.29 is 5.11 Å². The highest BCUT2D eigenvalue weighted by Gasteiger charge is 2.11. The summed E-state index contributed by atoms with van der Waals surface area (Å²) in [6.07, 6.45) is 15.9. The third kappa shape index (κ3) is 7.61.